The van der Waals surface area contributed by atoms with Crippen molar-refractivity contribution >= 4 is 16.9 Å². The monoisotopic (exact) mass is 351 g/mol. The maximum absolute atomic E-state index is 11.2. The molecule has 0 radical (unpaired) electrons. The van der Waals surface area contributed by atoms with Gasteiger partial charge in [-0.1, -0.05) is 18.2 Å². The summed E-state index contributed by atoms with van der Waals surface area (Å²) in [5.41, 5.74) is 3.28. The highest BCUT2D eigenvalue weighted by atomic mass is 16.7. The van der Waals surface area contributed by atoms with E-state index in [0.29, 0.717) is 6.79 Å². The fourth-order valence-corrected chi connectivity index (χ4v) is 3.23. The number of aryl methyl sites for hydroxylation is 2. The van der Waals surface area contributed by atoms with Gasteiger partial charge in [-0.25, -0.2) is 0 Å². The van der Waals surface area contributed by atoms with Gasteiger partial charge in [-0.15, -0.1) is 0 Å². The van der Waals surface area contributed by atoms with Crippen molar-refractivity contribution in [3.8, 4) is 11.5 Å². The number of nitrogens with one attached hydrogen (secondary N) is 1. The number of hydrogen-bond donors (Lipinski definition) is 1. The van der Waals surface area contributed by atoms with E-state index in [-0.39, 0.29) is 11.9 Å². The van der Waals surface area contributed by atoms with Gasteiger partial charge in [0.25, 0.3) is 0 Å². The van der Waals surface area contributed by atoms with Crippen LogP contribution in [0.3, 0.4) is 0 Å². The lowest BCUT2D eigenvalue weighted by Crippen LogP contribution is -2.23. The standard InChI is InChI=1S/C21H21NO4/c1-13(22-14(2)23)19-11-17-7-5-15(9-20(17)26-19)3-4-16-6-8-18-21(10-16)25-12-24-18/h5-11,13H,3-4,12H2,1-2H3,(H,22,23). The lowest BCUT2D eigenvalue weighted by atomic mass is 10.0. The Hall–Kier alpha value is -2.95. The molecular formula is C21H21NO4. The highest BCUT2D eigenvalue weighted by Crippen LogP contribution is 2.33. The average Bonchev–Trinajstić information content (AvgIpc) is 3.25. The number of carbonyl (C=O) groups excluding carboxylic acids is 1. The fourth-order valence-electron chi connectivity index (χ4n) is 3.23. The van der Waals surface area contributed by atoms with Gasteiger partial charge in [0, 0.05) is 12.3 Å². The molecule has 0 fully saturated rings. The zero-order valence-corrected chi connectivity index (χ0v) is 14.9. The first-order valence-corrected chi connectivity index (χ1v) is 8.76. The predicted molar refractivity (Wildman–Crippen MR) is 98.4 cm³/mol. The summed E-state index contributed by atoms with van der Waals surface area (Å²) >= 11 is 0. The predicted octanol–water partition coefficient (Wildman–Crippen LogP) is 4.14. The summed E-state index contributed by atoms with van der Waals surface area (Å²) in [6.45, 7) is 3.72. The van der Waals surface area contributed by atoms with Gasteiger partial charge in [0.05, 0.1) is 6.04 Å². The number of amides is 1. The Morgan fingerprint density at radius 1 is 1.04 bits per heavy atom. The van der Waals surface area contributed by atoms with E-state index in [0.717, 1.165) is 41.1 Å². The molecule has 0 spiro atoms. The average molecular weight is 351 g/mol. The first-order chi connectivity index (χ1) is 12.6. The number of carbonyl (C=O) groups is 1. The van der Waals surface area contributed by atoms with Crippen molar-refractivity contribution in [1.29, 1.82) is 0 Å². The quantitative estimate of drug-likeness (QED) is 0.750. The van der Waals surface area contributed by atoms with Gasteiger partial charge in [-0.05, 0) is 55.2 Å². The van der Waals surface area contributed by atoms with Crippen LogP contribution < -0.4 is 14.8 Å². The normalized spacial score (nSPS) is 13.8. The molecule has 0 saturated heterocycles. The van der Waals surface area contributed by atoms with Gasteiger partial charge in [0.2, 0.25) is 12.7 Å². The lowest BCUT2D eigenvalue weighted by Gasteiger charge is -2.08. The maximum Gasteiger partial charge on any atom is 0.231 e. The molecule has 2 aromatic carbocycles. The molecule has 1 amide bonds. The second-order valence-corrected chi connectivity index (χ2v) is 6.63. The molecule has 1 aromatic heterocycles. The topological polar surface area (TPSA) is 60.7 Å². The van der Waals surface area contributed by atoms with E-state index in [1.165, 1.54) is 18.1 Å². The van der Waals surface area contributed by atoms with Gasteiger partial charge in [-0.3, -0.25) is 4.79 Å². The Kier molecular flexibility index (Phi) is 4.29. The summed E-state index contributed by atoms with van der Waals surface area (Å²) in [4.78, 5) is 11.2. The largest absolute Gasteiger partial charge is 0.459 e. The van der Waals surface area contributed by atoms with Gasteiger partial charge >= 0.3 is 0 Å². The van der Waals surface area contributed by atoms with Crippen LogP contribution in [-0.2, 0) is 17.6 Å². The van der Waals surface area contributed by atoms with E-state index < -0.39 is 0 Å². The van der Waals surface area contributed by atoms with Gasteiger partial charge in [-0.2, -0.15) is 0 Å². The van der Waals surface area contributed by atoms with Gasteiger partial charge in [0.15, 0.2) is 11.5 Å². The van der Waals surface area contributed by atoms with Gasteiger partial charge in [0.1, 0.15) is 11.3 Å². The molecule has 134 valence electrons. The highest BCUT2D eigenvalue weighted by Gasteiger charge is 2.14. The second-order valence-electron chi connectivity index (χ2n) is 6.63. The van der Waals surface area contributed by atoms with Crippen LogP contribution in [0.1, 0.15) is 36.8 Å². The van der Waals surface area contributed by atoms with Crippen LogP contribution >= 0.6 is 0 Å². The second kappa shape index (κ2) is 6.75. The first-order valence-electron chi connectivity index (χ1n) is 8.76. The Morgan fingerprint density at radius 2 is 1.77 bits per heavy atom. The summed E-state index contributed by atoms with van der Waals surface area (Å²) in [6.07, 6.45) is 1.82. The Balaban J connectivity index is 1.47. The van der Waals surface area contributed by atoms with Crippen molar-refractivity contribution in [2.24, 2.45) is 0 Å². The van der Waals surface area contributed by atoms with E-state index in [9.17, 15) is 4.79 Å². The minimum Gasteiger partial charge on any atom is -0.459 e. The molecule has 0 bridgehead atoms. The fraction of sp³-hybridized carbons (Fsp3) is 0.286. The molecular weight excluding hydrogens is 330 g/mol. The Morgan fingerprint density at radius 3 is 2.58 bits per heavy atom. The van der Waals surface area contributed by atoms with Crippen LogP contribution in [0.25, 0.3) is 11.0 Å². The van der Waals surface area contributed by atoms with Crippen LogP contribution in [0, 0.1) is 0 Å². The molecule has 26 heavy (non-hydrogen) atoms. The van der Waals surface area contributed by atoms with E-state index in [2.05, 4.69) is 29.6 Å². The first kappa shape index (κ1) is 16.5. The summed E-state index contributed by atoms with van der Waals surface area (Å²) in [5.74, 6) is 2.33. The van der Waals surface area contributed by atoms with Crippen molar-refractivity contribution in [2.45, 2.75) is 32.7 Å². The maximum atomic E-state index is 11.2. The van der Waals surface area contributed by atoms with Crippen LogP contribution in [0.2, 0.25) is 0 Å². The number of ether oxygens (including phenoxy) is 2. The zero-order chi connectivity index (χ0) is 18.1. The van der Waals surface area contributed by atoms with Crippen molar-refractivity contribution in [2.75, 3.05) is 6.79 Å². The molecule has 5 heteroatoms. The Bertz CT molecular complexity index is 960. The zero-order valence-electron chi connectivity index (χ0n) is 14.9. The molecule has 1 N–H and O–H groups in total. The third kappa shape index (κ3) is 3.38. The number of fused-ring (bicyclic) bond motifs is 2. The van der Waals surface area contributed by atoms with Crippen molar-refractivity contribution in [1.82, 2.24) is 5.32 Å². The number of benzene rings is 2. The highest BCUT2D eigenvalue weighted by molar-refractivity contribution is 5.79. The van der Waals surface area contributed by atoms with Crippen molar-refractivity contribution in [3.05, 3.63) is 59.4 Å². The van der Waals surface area contributed by atoms with E-state index in [1.807, 2.05) is 25.1 Å². The third-order valence-electron chi connectivity index (χ3n) is 4.59. The summed E-state index contributed by atoms with van der Waals surface area (Å²) < 4.78 is 16.7. The van der Waals surface area contributed by atoms with Crippen molar-refractivity contribution < 1.29 is 18.7 Å². The molecule has 4 rings (SSSR count). The molecule has 3 aromatic rings. The molecule has 5 nitrogen and oxygen atoms in total. The number of furan rings is 1. The molecule has 0 aliphatic carbocycles. The van der Waals surface area contributed by atoms with Crippen LogP contribution in [0.15, 0.2) is 46.9 Å². The van der Waals surface area contributed by atoms with E-state index in [1.54, 1.807) is 0 Å². The minimum atomic E-state index is -0.142. The molecule has 2 heterocycles. The minimum absolute atomic E-state index is 0.0672. The summed E-state index contributed by atoms with van der Waals surface area (Å²) in [6, 6.07) is 14.2. The summed E-state index contributed by atoms with van der Waals surface area (Å²) in [7, 11) is 0. The smallest absolute Gasteiger partial charge is 0.231 e. The van der Waals surface area contributed by atoms with Crippen molar-refractivity contribution in [3.63, 3.8) is 0 Å². The van der Waals surface area contributed by atoms with Crippen LogP contribution in [0.5, 0.6) is 11.5 Å². The van der Waals surface area contributed by atoms with Gasteiger partial charge < -0.3 is 19.2 Å². The SMILES string of the molecule is CC(=O)NC(C)c1cc2ccc(CCc3ccc4c(c3)OCO4)cc2o1. The third-order valence-corrected chi connectivity index (χ3v) is 4.59. The lowest BCUT2D eigenvalue weighted by molar-refractivity contribution is -0.119. The van der Waals surface area contributed by atoms with Crippen LogP contribution in [-0.4, -0.2) is 12.7 Å². The number of rotatable bonds is 5. The van der Waals surface area contributed by atoms with E-state index >= 15 is 0 Å². The van der Waals surface area contributed by atoms with E-state index in [4.69, 9.17) is 13.9 Å². The van der Waals surface area contributed by atoms with Crippen LogP contribution in [0.4, 0.5) is 0 Å². The molecule has 1 unspecified atom stereocenters. The molecule has 1 aliphatic heterocycles. The Labute approximate surface area is 151 Å². The summed E-state index contributed by atoms with van der Waals surface area (Å²) in [5, 5.41) is 3.89. The molecule has 0 saturated carbocycles. The molecule has 1 aliphatic rings. The number of hydrogen-bond acceptors (Lipinski definition) is 4. The molecule has 1 atom stereocenters.